The first-order chi connectivity index (χ1) is 9.86. The van der Waals surface area contributed by atoms with E-state index in [2.05, 4.69) is 0 Å². The van der Waals surface area contributed by atoms with E-state index >= 15 is 0 Å². The molecule has 0 spiro atoms. The standard InChI is InChI=1S/C15H22N2O4/c1-4-5-11(2)16(3)15(21)17(10-14(19)20)12-6-8-13(18)9-7-12/h6-9,11,18H,4-5,10H2,1-3H3,(H,19,20). The molecule has 0 aliphatic carbocycles. The Morgan fingerprint density at radius 2 is 1.81 bits per heavy atom. The van der Waals surface area contributed by atoms with Gasteiger partial charge in [0.05, 0.1) is 0 Å². The number of rotatable bonds is 6. The number of hydrogen-bond donors (Lipinski definition) is 2. The molecule has 0 fully saturated rings. The van der Waals surface area contributed by atoms with E-state index in [-0.39, 0.29) is 17.8 Å². The third-order valence-corrected chi connectivity index (χ3v) is 3.35. The molecule has 116 valence electrons. The third kappa shape index (κ3) is 4.66. The molecule has 0 bridgehead atoms. The van der Waals surface area contributed by atoms with Crippen molar-refractivity contribution < 1.29 is 19.8 Å². The van der Waals surface area contributed by atoms with E-state index in [9.17, 15) is 14.7 Å². The number of aliphatic carboxylic acids is 1. The molecule has 2 N–H and O–H groups in total. The fourth-order valence-corrected chi connectivity index (χ4v) is 2.03. The van der Waals surface area contributed by atoms with Crippen LogP contribution in [-0.4, -0.2) is 46.7 Å². The average molecular weight is 294 g/mol. The molecule has 1 atom stereocenters. The molecule has 0 radical (unpaired) electrons. The molecular formula is C15H22N2O4. The van der Waals surface area contributed by atoms with Gasteiger partial charge in [-0.1, -0.05) is 13.3 Å². The highest BCUT2D eigenvalue weighted by Crippen LogP contribution is 2.20. The number of phenolic OH excluding ortho intramolecular Hbond substituents is 1. The summed E-state index contributed by atoms with van der Waals surface area (Å²) in [5.41, 5.74) is 0.441. The number of carboxylic acid groups (broad SMARTS) is 1. The van der Waals surface area contributed by atoms with E-state index in [1.807, 2.05) is 13.8 Å². The van der Waals surface area contributed by atoms with Gasteiger partial charge in [-0.3, -0.25) is 9.69 Å². The second-order valence-electron chi connectivity index (χ2n) is 5.03. The van der Waals surface area contributed by atoms with Crippen molar-refractivity contribution >= 4 is 17.7 Å². The normalized spacial score (nSPS) is 11.8. The highest BCUT2D eigenvalue weighted by molar-refractivity contribution is 5.96. The Labute approximate surface area is 124 Å². The number of phenols is 1. The number of hydrogen-bond acceptors (Lipinski definition) is 3. The highest BCUT2D eigenvalue weighted by Gasteiger charge is 2.24. The second kappa shape index (κ2) is 7.52. The van der Waals surface area contributed by atoms with Crippen LogP contribution in [0.15, 0.2) is 24.3 Å². The van der Waals surface area contributed by atoms with Crippen LogP contribution in [0.5, 0.6) is 5.75 Å². The van der Waals surface area contributed by atoms with Crippen molar-refractivity contribution in [3.05, 3.63) is 24.3 Å². The number of anilines is 1. The van der Waals surface area contributed by atoms with Gasteiger partial charge in [0.2, 0.25) is 0 Å². The molecule has 1 aromatic rings. The van der Waals surface area contributed by atoms with E-state index in [1.54, 1.807) is 11.9 Å². The van der Waals surface area contributed by atoms with Gasteiger partial charge < -0.3 is 15.1 Å². The zero-order valence-corrected chi connectivity index (χ0v) is 12.6. The minimum atomic E-state index is -1.09. The number of urea groups is 1. The molecule has 6 heteroatoms. The average Bonchev–Trinajstić information content (AvgIpc) is 2.44. The number of benzene rings is 1. The summed E-state index contributed by atoms with van der Waals surface area (Å²) in [5.74, 6) is -1.03. The van der Waals surface area contributed by atoms with E-state index in [4.69, 9.17) is 5.11 Å². The van der Waals surface area contributed by atoms with Crippen molar-refractivity contribution in [2.75, 3.05) is 18.5 Å². The van der Waals surface area contributed by atoms with Crippen LogP contribution in [0.3, 0.4) is 0 Å². The van der Waals surface area contributed by atoms with Gasteiger partial charge in [-0.2, -0.15) is 0 Å². The number of carbonyl (C=O) groups excluding carboxylic acids is 1. The second-order valence-corrected chi connectivity index (χ2v) is 5.03. The van der Waals surface area contributed by atoms with Crippen LogP contribution in [-0.2, 0) is 4.79 Å². The van der Waals surface area contributed by atoms with Gasteiger partial charge in [-0.15, -0.1) is 0 Å². The Morgan fingerprint density at radius 1 is 1.24 bits per heavy atom. The number of nitrogens with zero attached hydrogens (tertiary/aromatic N) is 2. The molecule has 0 aliphatic heterocycles. The van der Waals surface area contributed by atoms with E-state index in [0.717, 1.165) is 12.8 Å². The van der Waals surface area contributed by atoms with Crippen molar-refractivity contribution in [2.45, 2.75) is 32.7 Å². The maximum absolute atomic E-state index is 12.5. The molecule has 0 aromatic heterocycles. The molecule has 1 unspecified atom stereocenters. The Hall–Kier alpha value is -2.24. The molecule has 6 nitrogen and oxygen atoms in total. The Balaban J connectivity index is 2.99. The summed E-state index contributed by atoms with van der Waals surface area (Å²) in [4.78, 5) is 26.2. The maximum Gasteiger partial charge on any atom is 0.325 e. The lowest BCUT2D eigenvalue weighted by Crippen LogP contribution is -2.47. The molecule has 0 heterocycles. The smallest absolute Gasteiger partial charge is 0.325 e. The van der Waals surface area contributed by atoms with E-state index < -0.39 is 12.5 Å². The van der Waals surface area contributed by atoms with Crippen LogP contribution >= 0.6 is 0 Å². The SMILES string of the molecule is CCCC(C)N(C)C(=O)N(CC(=O)O)c1ccc(O)cc1. The van der Waals surface area contributed by atoms with Gasteiger partial charge in [0.1, 0.15) is 12.3 Å². The topological polar surface area (TPSA) is 81.1 Å². The summed E-state index contributed by atoms with van der Waals surface area (Å²) < 4.78 is 0. The lowest BCUT2D eigenvalue weighted by molar-refractivity contribution is -0.135. The molecule has 21 heavy (non-hydrogen) atoms. The van der Waals surface area contributed by atoms with Crippen molar-refractivity contribution in [2.24, 2.45) is 0 Å². The summed E-state index contributed by atoms with van der Waals surface area (Å²) in [6.45, 7) is 3.54. The molecule has 1 aromatic carbocycles. The predicted octanol–water partition coefficient (Wildman–Crippen LogP) is 2.52. The molecule has 0 saturated carbocycles. The lowest BCUT2D eigenvalue weighted by atomic mass is 10.2. The summed E-state index contributed by atoms with van der Waals surface area (Å²) >= 11 is 0. The van der Waals surface area contributed by atoms with Crippen LogP contribution in [0.4, 0.5) is 10.5 Å². The fourth-order valence-electron chi connectivity index (χ4n) is 2.03. The van der Waals surface area contributed by atoms with Crippen LogP contribution in [0, 0.1) is 0 Å². The fraction of sp³-hybridized carbons (Fsp3) is 0.467. The Kier molecular flexibility index (Phi) is 6.02. The van der Waals surface area contributed by atoms with Crippen molar-refractivity contribution in [1.82, 2.24) is 4.90 Å². The zero-order valence-electron chi connectivity index (χ0n) is 12.6. The number of carboxylic acids is 1. The van der Waals surface area contributed by atoms with Crippen LogP contribution in [0.25, 0.3) is 0 Å². The van der Waals surface area contributed by atoms with Crippen LogP contribution in [0.1, 0.15) is 26.7 Å². The molecule has 0 aliphatic rings. The largest absolute Gasteiger partial charge is 0.508 e. The van der Waals surface area contributed by atoms with Gasteiger partial charge >= 0.3 is 12.0 Å². The first-order valence-electron chi connectivity index (χ1n) is 6.92. The van der Waals surface area contributed by atoms with Crippen molar-refractivity contribution in [3.8, 4) is 5.75 Å². The summed E-state index contributed by atoms with van der Waals surface area (Å²) in [6, 6.07) is 5.54. The summed E-state index contributed by atoms with van der Waals surface area (Å²) in [6.07, 6.45) is 1.79. The number of aromatic hydroxyl groups is 1. The first-order valence-corrected chi connectivity index (χ1v) is 6.92. The molecular weight excluding hydrogens is 272 g/mol. The summed E-state index contributed by atoms with van der Waals surface area (Å²) in [7, 11) is 1.66. The first kappa shape index (κ1) is 16.8. The van der Waals surface area contributed by atoms with Crippen LogP contribution in [0.2, 0.25) is 0 Å². The monoisotopic (exact) mass is 294 g/mol. The highest BCUT2D eigenvalue weighted by atomic mass is 16.4. The van der Waals surface area contributed by atoms with Gasteiger partial charge in [-0.25, -0.2) is 4.79 Å². The zero-order chi connectivity index (χ0) is 16.0. The Bertz CT molecular complexity index is 487. The molecule has 1 rings (SSSR count). The predicted molar refractivity (Wildman–Crippen MR) is 80.6 cm³/mol. The van der Waals surface area contributed by atoms with Gasteiger partial charge in [0.15, 0.2) is 0 Å². The quantitative estimate of drug-likeness (QED) is 0.844. The van der Waals surface area contributed by atoms with Gasteiger partial charge in [0.25, 0.3) is 0 Å². The van der Waals surface area contributed by atoms with E-state index in [1.165, 1.54) is 29.2 Å². The lowest BCUT2D eigenvalue weighted by Gasteiger charge is -2.31. The minimum absolute atomic E-state index is 0.0240. The Morgan fingerprint density at radius 3 is 2.29 bits per heavy atom. The van der Waals surface area contributed by atoms with Crippen LogP contribution < -0.4 is 4.90 Å². The summed E-state index contributed by atoms with van der Waals surface area (Å²) in [5, 5.41) is 18.3. The number of carbonyl (C=O) groups is 2. The molecule has 2 amide bonds. The molecule has 0 saturated heterocycles. The third-order valence-electron chi connectivity index (χ3n) is 3.35. The van der Waals surface area contributed by atoms with E-state index in [0.29, 0.717) is 5.69 Å². The maximum atomic E-state index is 12.5. The number of amides is 2. The minimum Gasteiger partial charge on any atom is -0.508 e. The van der Waals surface area contributed by atoms with Crippen molar-refractivity contribution in [3.63, 3.8) is 0 Å². The van der Waals surface area contributed by atoms with Crippen molar-refractivity contribution in [1.29, 1.82) is 0 Å². The van der Waals surface area contributed by atoms with Gasteiger partial charge in [0, 0.05) is 18.8 Å². The van der Waals surface area contributed by atoms with Gasteiger partial charge in [-0.05, 0) is 37.6 Å².